The topological polar surface area (TPSA) is 71.0 Å². The number of anilines is 1. The lowest BCUT2D eigenvalue weighted by Crippen LogP contribution is -2.42. The highest BCUT2D eigenvalue weighted by Gasteiger charge is 2.27. The Bertz CT molecular complexity index is 681. The molecule has 0 bridgehead atoms. The number of hydrogen-bond donors (Lipinski definition) is 0. The minimum atomic E-state index is 0.272. The molecule has 29 heavy (non-hydrogen) atoms. The van der Waals surface area contributed by atoms with E-state index in [0.717, 1.165) is 102 Å². The van der Waals surface area contributed by atoms with Crippen molar-refractivity contribution >= 4 is 11.7 Å². The first kappa shape index (κ1) is 20.5. The molecule has 8 nitrogen and oxygen atoms in total. The Morgan fingerprint density at radius 2 is 1.66 bits per heavy atom. The lowest BCUT2D eigenvalue weighted by atomic mass is 9.95. The second-order valence-corrected chi connectivity index (χ2v) is 8.18. The van der Waals surface area contributed by atoms with Crippen molar-refractivity contribution in [1.82, 2.24) is 19.8 Å². The summed E-state index contributed by atoms with van der Waals surface area (Å²) in [5, 5.41) is 0. The molecule has 1 aromatic heterocycles. The van der Waals surface area contributed by atoms with Gasteiger partial charge in [-0.25, -0.2) is 9.97 Å². The van der Waals surface area contributed by atoms with Crippen LogP contribution in [0.25, 0.3) is 0 Å². The summed E-state index contributed by atoms with van der Waals surface area (Å²) in [5.74, 6) is 2.55. The zero-order valence-corrected chi connectivity index (χ0v) is 17.5. The molecule has 1 aromatic rings. The number of carbonyl (C=O) groups is 1. The maximum Gasteiger partial charge on any atom is 0.223 e. The Morgan fingerprint density at radius 3 is 2.34 bits per heavy atom. The molecule has 0 N–H and O–H groups in total. The number of carbonyl (C=O) groups excluding carboxylic acids is 1. The van der Waals surface area contributed by atoms with Crippen molar-refractivity contribution in [3.63, 3.8) is 0 Å². The van der Waals surface area contributed by atoms with Gasteiger partial charge in [0, 0.05) is 69.9 Å². The van der Waals surface area contributed by atoms with Crippen LogP contribution in [0.2, 0.25) is 0 Å². The van der Waals surface area contributed by atoms with Crippen LogP contribution in [0.15, 0.2) is 6.07 Å². The minimum absolute atomic E-state index is 0.272. The molecule has 0 spiro atoms. The Hall–Kier alpha value is -1.77. The van der Waals surface area contributed by atoms with E-state index in [1.807, 2.05) is 11.8 Å². The Labute approximate surface area is 173 Å². The van der Waals surface area contributed by atoms with Gasteiger partial charge in [-0.1, -0.05) is 0 Å². The van der Waals surface area contributed by atoms with Crippen LogP contribution in [0.4, 0.5) is 5.82 Å². The second-order valence-electron chi connectivity index (χ2n) is 8.18. The van der Waals surface area contributed by atoms with Gasteiger partial charge in [0.2, 0.25) is 5.91 Å². The van der Waals surface area contributed by atoms with E-state index in [9.17, 15) is 4.79 Å². The molecule has 0 unspecified atom stereocenters. The second kappa shape index (κ2) is 9.82. The smallest absolute Gasteiger partial charge is 0.223 e. The molecule has 0 aromatic carbocycles. The van der Waals surface area contributed by atoms with Gasteiger partial charge in [-0.15, -0.1) is 0 Å². The quantitative estimate of drug-likeness (QED) is 0.728. The van der Waals surface area contributed by atoms with E-state index in [4.69, 9.17) is 19.4 Å². The van der Waals surface area contributed by atoms with Crippen LogP contribution in [0.1, 0.15) is 36.7 Å². The summed E-state index contributed by atoms with van der Waals surface area (Å²) in [7, 11) is 0. The summed E-state index contributed by atoms with van der Waals surface area (Å²) in [6.07, 6.45) is 2.48. The number of likely N-dealkylation sites (tertiary alicyclic amines) is 1. The van der Waals surface area contributed by atoms with Gasteiger partial charge in [0.15, 0.2) is 0 Å². The Morgan fingerprint density at radius 1 is 1.00 bits per heavy atom. The molecule has 4 rings (SSSR count). The molecule has 3 aliphatic heterocycles. The summed E-state index contributed by atoms with van der Waals surface area (Å²) in [5.41, 5.74) is 1.01. The first-order chi connectivity index (χ1) is 14.2. The highest BCUT2D eigenvalue weighted by atomic mass is 16.5. The number of rotatable bonds is 5. The van der Waals surface area contributed by atoms with Crippen LogP contribution in [-0.2, 0) is 14.3 Å². The molecule has 0 radical (unpaired) electrons. The van der Waals surface area contributed by atoms with Crippen molar-refractivity contribution in [2.45, 2.75) is 32.1 Å². The van der Waals surface area contributed by atoms with Crippen LogP contribution in [0.3, 0.4) is 0 Å². The van der Waals surface area contributed by atoms with Crippen molar-refractivity contribution in [2.24, 2.45) is 0 Å². The van der Waals surface area contributed by atoms with Crippen LogP contribution >= 0.6 is 0 Å². The van der Waals surface area contributed by atoms with E-state index in [0.29, 0.717) is 12.3 Å². The standard InChI is InChI=1S/C21H33N5O3/c1-17-16-19(25-10-14-29-15-11-25)23-21(22-17)18-2-6-26(7-3-18)20(27)4-5-24-8-12-28-13-9-24/h16,18H,2-15H2,1H3. The van der Waals surface area contributed by atoms with Crippen molar-refractivity contribution in [3.05, 3.63) is 17.6 Å². The summed E-state index contributed by atoms with van der Waals surface area (Å²) in [4.78, 5) is 28.9. The highest BCUT2D eigenvalue weighted by molar-refractivity contribution is 5.76. The third-order valence-corrected chi connectivity index (χ3v) is 6.15. The average molecular weight is 404 g/mol. The molecule has 8 heteroatoms. The van der Waals surface area contributed by atoms with Gasteiger partial charge >= 0.3 is 0 Å². The lowest BCUT2D eigenvalue weighted by Gasteiger charge is -2.33. The van der Waals surface area contributed by atoms with Crippen LogP contribution in [0, 0.1) is 6.92 Å². The Kier molecular flexibility index (Phi) is 6.94. The van der Waals surface area contributed by atoms with Gasteiger partial charge in [-0.2, -0.15) is 0 Å². The molecule has 3 saturated heterocycles. The average Bonchev–Trinajstić information content (AvgIpc) is 2.78. The van der Waals surface area contributed by atoms with Gasteiger partial charge < -0.3 is 19.3 Å². The zero-order chi connectivity index (χ0) is 20.1. The van der Waals surface area contributed by atoms with Gasteiger partial charge in [0.25, 0.3) is 0 Å². The largest absolute Gasteiger partial charge is 0.379 e. The summed E-state index contributed by atoms with van der Waals surface area (Å²) >= 11 is 0. The minimum Gasteiger partial charge on any atom is -0.379 e. The van der Waals surface area contributed by atoms with Crippen molar-refractivity contribution in [1.29, 1.82) is 0 Å². The molecule has 1 amide bonds. The van der Waals surface area contributed by atoms with E-state index in [1.165, 1.54) is 0 Å². The maximum atomic E-state index is 12.6. The first-order valence-corrected chi connectivity index (χ1v) is 11.0. The number of piperidine rings is 1. The van der Waals surface area contributed by atoms with Gasteiger partial charge in [0.1, 0.15) is 11.6 Å². The van der Waals surface area contributed by atoms with Crippen LogP contribution in [-0.4, -0.2) is 97.9 Å². The predicted molar refractivity (Wildman–Crippen MR) is 110 cm³/mol. The summed E-state index contributed by atoms with van der Waals surface area (Å²) < 4.78 is 10.8. The number of ether oxygens (including phenoxy) is 2. The van der Waals surface area contributed by atoms with Crippen molar-refractivity contribution in [2.75, 3.05) is 77.1 Å². The van der Waals surface area contributed by atoms with E-state index >= 15 is 0 Å². The molecule has 0 aliphatic carbocycles. The predicted octanol–water partition coefficient (Wildman–Crippen LogP) is 1.05. The number of hydrogen-bond acceptors (Lipinski definition) is 7. The van der Waals surface area contributed by atoms with Gasteiger partial charge in [-0.3, -0.25) is 9.69 Å². The molecule has 4 heterocycles. The molecule has 3 fully saturated rings. The zero-order valence-electron chi connectivity index (χ0n) is 17.5. The number of nitrogens with zero attached hydrogens (tertiary/aromatic N) is 5. The normalized spacial score (nSPS) is 22.1. The monoisotopic (exact) mass is 403 g/mol. The highest BCUT2D eigenvalue weighted by Crippen LogP contribution is 2.28. The van der Waals surface area contributed by atoms with Gasteiger partial charge in [-0.05, 0) is 19.8 Å². The number of aryl methyl sites for hydroxylation is 1. The molecular weight excluding hydrogens is 370 g/mol. The molecule has 3 aliphatic rings. The summed E-state index contributed by atoms with van der Waals surface area (Å²) in [6, 6.07) is 2.07. The number of amides is 1. The first-order valence-electron chi connectivity index (χ1n) is 11.0. The fraction of sp³-hybridized carbons (Fsp3) is 0.762. The van der Waals surface area contributed by atoms with E-state index in [1.54, 1.807) is 0 Å². The third-order valence-electron chi connectivity index (χ3n) is 6.15. The van der Waals surface area contributed by atoms with Crippen LogP contribution < -0.4 is 4.90 Å². The van der Waals surface area contributed by atoms with E-state index in [-0.39, 0.29) is 5.91 Å². The fourth-order valence-electron chi connectivity index (χ4n) is 4.34. The molecule has 0 atom stereocenters. The van der Waals surface area contributed by atoms with Crippen LogP contribution in [0.5, 0.6) is 0 Å². The van der Waals surface area contributed by atoms with Crippen molar-refractivity contribution in [3.8, 4) is 0 Å². The maximum absolute atomic E-state index is 12.6. The lowest BCUT2D eigenvalue weighted by molar-refractivity contribution is -0.132. The fourth-order valence-corrected chi connectivity index (χ4v) is 4.34. The number of aromatic nitrogens is 2. The van der Waals surface area contributed by atoms with E-state index < -0.39 is 0 Å². The number of morpholine rings is 2. The molecule has 0 saturated carbocycles. The van der Waals surface area contributed by atoms with Crippen molar-refractivity contribution < 1.29 is 14.3 Å². The molecular formula is C21H33N5O3. The third kappa shape index (κ3) is 5.43. The Balaban J connectivity index is 1.29. The molecule has 160 valence electrons. The SMILES string of the molecule is Cc1cc(N2CCOCC2)nc(C2CCN(C(=O)CCN3CCOCC3)CC2)n1. The van der Waals surface area contributed by atoms with Gasteiger partial charge in [0.05, 0.1) is 26.4 Å². The van der Waals surface area contributed by atoms with E-state index in [2.05, 4.69) is 15.9 Å². The summed E-state index contributed by atoms with van der Waals surface area (Å²) in [6.45, 7) is 11.2.